The Labute approximate surface area is 372 Å². The summed E-state index contributed by atoms with van der Waals surface area (Å²) < 4.78 is 11.9. The van der Waals surface area contributed by atoms with E-state index >= 15 is 0 Å². The lowest BCUT2D eigenvalue weighted by atomic mass is 10.0. The lowest BCUT2D eigenvalue weighted by Gasteiger charge is -2.17. The van der Waals surface area contributed by atoms with Crippen molar-refractivity contribution in [3.63, 3.8) is 0 Å². The van der Waals surface area contributed by atoms with E-state index in [2.05, 4.69) is 57.2 Å². The summed E-state index contributed by atoms with van der Waals surface area (Å²) in [5.41, 5.74) is 0. The van der Waals surface area contributed by atoms with Crippen LogP contribution in [0.4, 0.5) is 0 Å². The first-order valence-electron chi connectivity index (χ1n) is 26.0. The first-order valence-corrected chi connectivity index (χ1v) is 26.0. The molecule has 0 fully saturated rings. The summed E-state index contributed by atoms with van der Waals surface area (Å²) in [4.78, 5) is 35.9. The monoisotopic (exact) mass is 842 g/mol. The van der Waals surface area contributed by atoms with Gasteiger partial charge in [0, 0.05) is 31.7 Å². The highest BCUT2D eigenvalue weighted by molar-refractivity contribution is 5.69. The second-order valence-electron chi connectivity index (χ2n) is 17.7. The molecular weight excluding hydrogens is 745 g/mol. The minimum atomic E-state index is -0.952. The van der Waals surface area contributed by atoms with Crippen molar-refractivity contribution in [2.24, 2.45) is 0 Å². The summed E-state index contributed by atoms with van der Waals surface area (Å²) in [7, 11) is 0. The van der Waals surface area contributed by atoms with Gasteiger partial charge in [0.25, 0.3) is 0 Å². The van der Waals surface area contributed by atoms with Crippen LogP contribution in [-0.2, 0) is 23.9 Å². The number of carboxylic acids is 1. The number of hydrogen-bond acceptors (Lipinski definition) is 6. The molecule has 0 saturated heterocycles. The standard InChI is InChI=1S/C54H98O6/c1-4-7-10-13-14-15-16-17-18-19-20-21-29-34-41-48-53(57)59-51(44-37-12-9-6-3)46-39-32-27-23-25-30-35-42-49-54(58)60-50(43-36-11-8-5-2)45-38-31-26-22-24-28-33-40-47-52(55)56/h17-18,31-32,38-39,50-51H,4-16,19-30,33-37,40-49H2,1-3H3,(H,55,56)/p-1/b18-17+,38-31+,39-32+. The molecule has 0 N–H and O–H groups in total. The van der Waals surface area contributed by atoms with Crippen molar-refractivity contribution in [1.82, 2.24) is 0 Å². The highest BCUT2D eigenvalue weighted by Gasteiger charge is 2.14. The van der Waals surface area contributed by atoms with Gasteiger partial charge in [-0.3, -0.25) is 9.59 Å². The maximum Gasteiger partial charge on any atom is 0.306 e. The Bertz CT molecular complexity index is 1030. The van der Waals surface area contributed by atoms with Crippen molar-refractivity contribution in [1.29, 1.82) is 0 Å². The summed E-state index contributed by atoms with van der Waals surface area (Å²) >= 11 is 0. The fourth-order valence-corrected chi connectivity index (χ4v) is 7.73. The zero-order valence-corrected chi connectivity index (χ0v) is 39.9. The van der Waals surface area contributed by atoms with Crippen molar-refractivity contribution in [3.8, 4) is 0 Å². The Morgan fingerprint density at radius 2 is 0.650 bits per heavy atom. The molecule has 0 spiro atoms. The number of aliphatic carboxylic acids is 1. The Hall–Kier alpha value is -2.37. The molecule has 0 rings (SSSR count). The Morgan fingerprint density at radius 3 is 1.00 bits per heavy atom. The number of carboxylic acid groups (broad SMARTS) is 1. The van der Waals surface area contributed by atoms with E-state index in [0.717, 1.165) is 122 Å². The van der Waals surface area contributed by atoms with E-state index in [1.165, 1.54) is 109 Å². The smallest absolute Gasteiger partial charge is 0.306 e. The molecule has 0 radical (unpaired) electrons. The number of unbranched alkanes of at least 4 members (excludes halogenated alkanes) is 27. The largest absolute Gasteiger partial charge is 0.550 e. The Kier molecular flexibility index (Phi) is 45.8. The predicted octanol–water partition coefficient (Wildman–Crippen LogP) is 15.9. The van der Waals surface area contributed by atoms with Gasteiger partial charge in [-0.25, -0.2) is 0 Å². The molecule has 2 atom stereocenters. The highest BCUT2D eigenvalue weighted by atomic mass is 16.5. The molecule has 0 aromatic carbocycles. The summed E-state index contributed by atoms with van der Waals surface area (Å²) in [6.07, 6.45) is 56.6. The third-order valence-corrected chi connectivity index (χ3v) is 11.6. The second kappa shape index (κ2) is 47.7. The molecular formula is C54H97O6-. The molecule has 6 heteroatoms. The average Bonchev–Trinajstić information content (AvgIpc) is 3.23. The third kappa shape index (κ3) is 45.2. The van der Waals surface area contributed by atoms with Gasteiger partial charge in [0.05, 0.1) is 0 Å². The van der Waals surface area contributed by atoms with Crippen LogP contribution in [0.1, 0.15) is 278 Å². The van der Waals surface area contributed by atoms with Crippen molar-refractivity contribution in [3.05, 3.63) is 36.5 Å². The van der Waals surface area contributed by atoms with Crippen LogP contribution in [-0.4, -0.2) is 30.1 Å². The van der Waals surface area contributed by atoms with Crippen LogP contribution in [0.5, 0.6) is 0 Å². The molecule has 60 heavy (non-hydrogen) atoms. The van der Waals surface area contributed by atoms with E-state index < -0.39 is 5.97 Å². The normalized spacial score (nSPS) is 12.8. The molecule has 6 nitrogen and oxygen atoms in total. The minimum absolute atomic E-state index is 0.00183. The molecule has 350 valence electrons. The molecule has 0 heterocycles. The van der Waals surface area contributed by atoms with Crippen LogP contribution in [0.3, 0.4) is 0 Å². The fourth-order valence-electron chi connectivity index (χ4n) is 7.73. The number of carbonyl (C=O) groups excluding carboxylic acids is 3. The van der Waals surface area contributed by atoms with E-state index in [1.54, 1.807) is 0 Å². The maximum absolute atomic E-state index is 12.7. The number of ether oxygens (including phenoxy) is 2. The molecule has 2 unspecified atom stereocenters. The second-order valence-corrected chi connectivity index (χ2v) is 17.7. The van der Waals surface area contributed by atoms with Gasteiger partial charge in [0.15, 0.2) is 0 Å². The van der Waals surface area contributed by atoms with Crippen molar-refractivity contribution >= 4 is 17.9 Å². The molecule has 0 aliphatic carbocycles. The predicted molar refractivity (Wildman–Crippen MR) is 254 cm³/mol. The molecule has 0 bridgehead atoms. The average molecular weight is 842 g/mol. The van der Waals surface area contributed by atoms with Gasteiger partial charge in [0.2, 0.25) is 0 Å². The topological polar surface area (TPSA) is 92.7 Å². The molecule has 0 aliphatic rings. The highest BCUT2D eigenvalue weighted by Crippen LogP contribution is 2.18. The van der Waals surface area contributed by atoms with Crippen LogP contribution >= 0.6 is 0 Å². The molecule has 0 aliphatic heterocycles. The van der Waals surface area contributed by atoms with Gasteiger partial charge in [-0.1, -0.05) is 186 Å². The van der Waals surface area contributed by atoms with E-state index in [9.17, 15) is 19.5 Å². The summed E-state index contributed by atoms with van der Waals surface area (Å²) in [6, 6.07) is 0. The quantitative estimate of drug-likeness (QED) is 0.0344. The molecule has 0 saturated carbocycles. The lowest BCUT2D eigenvalue weighted by Crippen LogP contribution is -2.21. The van der Waals surface area contributed by atoms with Crippen molar-refractivity contribution < 1.29 is 29.0 Å². The number of esters is 2. The molecule has 0 aromatic heterocycles. The Morgan fingerprint density at radius 1 is 0.367 bits per heavy atom. The molecule has 0 aromatic rings. The van der Waals surface area contributed by atoms with Gasteiger partial charge in [-0.15, -0.1) is 0 Å². The van der Waals surface area contributed by atoms with Gasteiger partial charge in [0.1, 0.15) is 12.2 Å². The third-order valence-electron chi connectivity index (χ3n) is 11.6. The van der Waals surface area contributed by atoms with E-state index in [1.807, 2.05) is 0 Å². The lowest BCUT2D eigenvalue weighted by molar-refractivity contribution is -0.305. The van der Waals surface area contributed by atoms with Crippen LogP contribution in [0.25, 0.3) is 0 Å². The Balaban J connectivity index is 4.22. The summed E-state index contributed by atoms with van der Waals surface area (Å²) in [5, 5.41) is 10.5. The van der Waals surface area contributed by atoms with Gasteiger partial charge in [-0.05, 0) is 103 Å². The zero-order valence-electron chi connectivity index (χ0n) is 39.9. The maximum atomic E-state index is 12.7. The van der Waals surface area contributed by atoms with Gasteiger partial charge < -0.3 is 19.4 Å². The van der Waals surface area contributed by atoms with E-state index in [4.69, 9.17) is 9.47 Å². The van der Waals surface area contributed by atoms with Crippen molar-refractivity contribution in [2.75, 3.05) is 0 Å². The minimum Gasteiger partial charge on any atom is -0.550 e. The molecule has 0 amide bonds. The van der Waals surface area contributed by atoms with Gasteiger partial charge in [-0.2, -0.15) is 0 Å². The number of hydrogen-bond donors (Lipinski definition) is 0. The number of carbonyl (C=O) groups is 3. The van der Waals surface area contributed by atoms with Crippen LogP contribution in [0.15, 0.2) is 36.5 Å². The fraction of sp³-hybridized carbons (Fsp3) is 0.833. The van der Waals surface area contributed by atoms with Crippen molar-refractivity contribution in [2.45, 2.75) is 290 Å². The first kappa shape index (κ1) is 57.6. The zero-order chi connectivity index (χ0) is 43.8. The van der Waals surface area contributed by atoms with Crippen LogP contribution in [0.2, 0.25) is 0 Å². The van der Waals surface area contributed by atoms with E-state index in [0.29, 0.717) is 19.3 Å². The summed E-state index contributed by atoms with van der Waals surface area (Å²) in [6.45, 7) is 6.72. The SMILES string of the molecule is CCCCCCCC/C=C/CCCCCCCC(=O)OC(C/C=C/CCCCCCCC(=O)OC(C/C=C/CCCCCCCC(=O)[O-])CCCCCC)CCCCCC. The summed E-state index contributed by atoms with van der Waals surface area (Å²) in [5.74, 6) is -1.03. The van der Waals surface area contributed by atoms with E-state index in [-0.39, 0.29) is 30.6 Å². The number of rotatable bonds is 47. The van der Waals surface area contributed by atoms with Crippen LogP contribution in [0, 0.1) is 0 Å². The first-order chi connectivity index (χ1) is 29.4. The van der Waals surface area contributed by atoms with Crippen LogP contribution < -0.4 is 5.11 Å². The van der Waals surface area contributed by atoms with Gasteiger partial charge >= 0.3 is 11.9 Å². The number of allylic oxidation sites excluding steroid dienone is 4.